The van der Waals surface area contributed by atoms with Gasteiger partial charge in [0.25, 0.3) is 10.0 Å². The molecule has 0 aromatic heterocycles. The molecule has 0 fully saturated rings. The Hall–Kier alpha value is -1.55. The van der Waals surface area contributed by atoms with Crippen LogP contribution in [0.4, 0.5) is 5.69 Å². The second kappa shape index (κ2) is 5.83. The van der Waals surface area contributed by atoms with Gasteiger partial charge in [0.15, 0.2) is 0 Å². The Morgan fingerprint density at radius 3 is 2.55 bits per heavy atom. The molecule has 102 valence electrons. The van der Waals surface area contributed by atoms with Crippen LogP contribution in [0.5, 0.6) is 0 Å². The van der Waals surface area contributed by atoms with Crippen LogP contribution < -0.4 is 4.72 Å². The van der Waals surface area contributed by atoms with E-state index in [-0.39, 0.29) is 15.6 Å². The highest BCUT2D eigenvalue weighted by atomic mass is 79.9. The summed E-state index contributed by atoms with van der Waals surface area (Å²) in [6.07, 6.45) is 0. The number of nitrogens with one attached hydrogen (secondary N) is 1. The molecular weight excluding hydrogens is 364 g/mol. The minimum Gasteiger partial charge on any atom is -0.278 e. The lowest BCUT2D eigenvalue weighted by molar-refractivity contribution is 0.601. The van der Waals surface area contributed by atoms with Crippen LogP contribution >= 0.6 is 27.5 Å². The molecule has 0 bridgehead atoms. The van der Waals surface area contributed by atoms with Gasteiger partial charge in [0, 0.05) is 4.47 Å². The standard InChI is InChI=1S/C13H8BrClN2O2S/c14-10-3-1-2-4-13(10)20(18,19)17-12-7-9(8-16)5-6-11(12)15/h1-7,17H. The summed E-state index contributed by atoms with van der Waals surface area (Å²) in [5, 5.41) is 9.06. The Kier molecular flexibility index (Phi) is 4.33. The van der Waals surface area contributed by atoms with Crippen LogP contribution in [0.25, 0.3) is 0 Å². The van der Waals surface area contributed by atoms with Gasteiger partial charge in [-0.05, 0) is 46.3 Å². The van der Waals surface area contributed by atoms with Gasteiger partial charge in [-0.25, -0.2) is 8.42 Å². The predicted octanol–water partition coefficient (Wildman–Crippen LogP) is 3.77. The van der Waals surface area contributed by atoms with Gasteiger partial charge >= 0.3 is 0 Å². The smallest absolute Gasteiger partial charge is 0.263 e. The number of rotatable bonds is 3. The first-order valence-electron chi connectivity index (χ1n) is 5.41. The summed E-state index contributed by atoms with van der Waals surface area (Å²) in [5.74, 6) is 0. The van der Waals surface area contributed by atoms with Gasteiger partial charge in [0.2, 0.25) is 0 Å². The summed E-state index contributed by atoms with van der Waals surface area (Å²) in [5.41, 5.74) is 0.487. The molecule has 7 heteroatoms. The van der Waals surface area contributed by atoms with Gasteiger partial charge in [-0.3, -0.25) is 4.72 Å². The second-order valence-corrected chi connectivity index (χ2v) is 6.75. The molecule has 1 N–H and O–H groups in total. The Bertz CT molecular complexity index is 800. The number of hydrogen-bond donors (Lipinski definition) is 1. The maximum Gasteiger partial charge on any atom is 0.263 e. The predicted molar refractivity (Wildman–Crippen MR) is 81.1 cm³/mol. The number of nitriles is 1. The molecule has 0 radical (unpaired) electrons. The molecule has 0 spiro atoms. The van der Waals surface area contributed by atoms with Crippen molar-refractivity contribution in [2.75, 3.05) is 4.72 Å². The van der Waals surface area contributed by atoms with Gasteiger partial charge in [-0.1, -0.05) is 23.7 Å². The van der Waals surface area contributed by atoms with E-state index in [0.717, 1.165) is 0 Å². The van der Waals surface area contributed by atoms with E-state index >= 15 is 0 Å². The number of anilines is 1. The summed E-state index contributed by atoms with van der Waals surface area (Å²) in [4.78, 5) is 0.0958. The first-order valence-corrected chi connectivity index (χ1v) is 8.06. The van der Waals surface area contributed by atoms with E-state index < -0.39 is 10.0 Å². The average molecular weight is 372 g/mol. The topological polar surface area (TPSA) is 70.0 Å². The molecule has 2 aromatic carbocycles. The summed E-state index contributed by atoms with van der Waals surface area (Å²) in [6.45, 7) is 0. The van der Waals surface area contributed by atoms with Crippen molar-refractivity contribution in [3.8, 4) is 6.07 Å². The quantitative estimate of drug-likeness (QED) is 0.892. The van der Waals surface area contributed by atoms with E-state index in [9.17, 15) is 8.42 Å². The third-order valence-electron chi connectivity index (χ3n) is 2.47. The number of hydrogen-bond acceptors (Lipinski definition) is 3. The third kappa shape index (κ3) is 3.12. The SMILES string of the molecule is N#Cc1ccc(Cl)c(NS(=O)(=O)c2ccccc2Br)c1. The van der Waals surface area contributed by atoms with Crippen molar-refractivity contribution in [1.29, 1.82) is 5.26 Å². The van der Waals surface area contributed by atoms with E-state index in [0.29, 0.717) is 10.0 Å². The lowest BCUT2D eigenvalue weighted by Crippen LogP contribution is -2.14. The van der Waals surface area contributed by atoms with Crippen LogP contribution in [0.2, 0.25) is 5.02 Å². The molecule has 0 aliphatic carbocycles. The maximum absolute atomic E-state index is 12.3. The van der Waals surface area contributed by atoms with E-state index in [1.807, 2.05) is 6.07 Å². The lowest BCUT2D eigenvalue weighted by Gasteiger charge is -2.11. The van der Waals surface area contributed by atoms with Gasteiger partial charge < -0.3 is 0 Å². The molecule has 0 saturated carbocycles. The minimum atomic E-state index is -3.78. The minimum absolute atomic E-state index is 0.0958. The molecule has 0 heterocycles. The van der Waals surface area contributed by atoms with Crippen molar-refractivity contribution in [3.63, 3.8) is 0 Å². The second-order valence-electron chi connectivity index (χ2n) is 3.84. The monoisotopic (exact) mass is 370 g/mol. The summed E-state index contributed by atoms with van der Waals surface area (Å²) in [6, 6.07) is 12.7. The van der Waals surface area contributed by atoms with E-state index in [1.165, 1.54) is 24.3 Å². The van der Waals surface area contributed by atoms with Gasteiger partial charge in [0.1, 0.15) is 4.90 Å². The van der Waals surface area contributed by atoms with Crippen LogP contribution in [0, 0.1) is 11.3 Å². The van der Waals surface area contributed by atoms with Gasteiger partial charge in [0.05, 0.1) is 22.3 Å². The van der Waals surface area contributed by atoms with Crippen LogP contribution in [-0.2, 0) is 10.0 Å². The molecule has 0 aliphatic heterocycles. The fraction of sp³-hybridized carbons (Fsp3) is 0. The van der Waals surface area contributed by atoms with Crippen molar-refractivity contribution < 1.29 is 8.42 Å². The largest absolute Gasteiger partial charge is 0.278 e. The molecule has 0 amide bonds. The lowest BCUT2D eigenvalue weighted by atomic mass is 10.2. The zero-order valence-corrected chi connectivity index (χ0v) is 13.1. The highest BCUT2D eigenvalue weighted by Gasteiger charge is 2.18. The van der Waals surface area contributed by atoms with Crippen molar-refractivity contribution in [2.24, 2.45) is 0 Å². The van der Waals surface area contributed by atoms with Gasteiger partial charge in [-0.15, -0.1) is 0 Å². The number of benzene rings is 2. The molecule has 4 nitrogen and oxygen atoms in total. The van der Waals surface area contributed by atoms with E-state index in [2.05, 4.69) is 20.7 Å². The highest BCUT2D eigenvalue weighted by molar-refractivity contribution is 9.10. The number of halogens is 2. The van der Waals surface area contributed by atoms with Crippen LogP contribution in [0.1, 0.15) is 5.56 Å². The molecule has 2 rings (SSSR count). The summed E-state index contributed by atoms with van der Waals surface area (Å²) in [7, 11) is -3.78. The average Bonchev–Trinajstić information content (AvgIpc) is 2.41. The third-order valence-corrected chi connectivity index (χ3v) is 5.17. The van der Waals surface area contributed by atoms with Crippen molar-refractivity contribution in [1.82, 2.24) is 0 Å². The van der Waals surface area contributed by atoms with Crippen molar-refractivity contribution >= 4 is 43.2 Å². The molecule has 0 saturated heterocycles. The normalized spacial score (nSPS) is 10.8. The van der Waals surface area contributed by atoms with Crippen LogP contribution in [0.3, 0.4) is 0 Å². The van der Waals surface area contributed by atoms with Crippen LogP contribution in [0.15, 0.2) is 51.8 Å². The highest BCUT2D eigenvalue weighted by Crippen LogP contribution is 2.28. The van der Waals surface area contributed by atoms with Crippen molar-refractivity contribution in [2.45, 2.75) is 4.90 Å². The number of sulfonamides is 1. The molecule has 20 heavy (non-hydrogen) atoms. The van der Waals surface area contributed by atoms with Crippen LogP contribution in [-0.4, -0.2) is 8.42 Å². The Labute approximate surface area is 130 Å². The van der Waals surface area contributed by atoms with E-state index in [1.54, 1.807) is 18.2 Å². The Balaban J connectivity index is 2.44. The molecular formula is C13H8BrClN2O2S. The fourth-order valence-electron chi connectivity index (χ4n) is 1.54. The maximum atomic E-state index is 12.3. The Morgan fingerprint density at radius 2 is 1.90 bits per heavy atom. The Morgan fingerprint density at radius 1 is 1.20 bits per heavy atom. The zero-order valence-electron chi connectivity index (χ0n) is 9.97. The first-order chi connectivity index (χ1) is 9.44. The molecule has 2 aromatic rings. The zero-order chi connectivity index (χ0) is 14.8. The van der Waals surface area contributed by atoms with E-state index in [4.69, 9.17) is 16.9 Å². The summed E-state index contributed by atoms with van der Waals surface area (Å²) < 4.78 is 27.4. The first kappa shape index (κ1) is 14.9. The molecule has 0 atom stereocenters. The van der Waals surface area contributed by atoms with Crippen molar-refractivity contribution in [3.05, 3.63) is 57.5 Å². The number of nitrogens with zero attached hydrogens (tertiary/aromatic N) is 1. The summed E-state index contributed by atoms with van der Waals surface area (Å²) >= 11 is 9.13. The molecule has 0 unspecified atom stereocenters. The fourth-order valence-corrected chi connectivity index (χ4v) is 3.83. The van der Waals surface area contributed by atoms with Gasteiger partial charge in [-0.2, -0.15) is 5.26 Å². The molecule has 0 aliphatic rings.